The number of nitrogens with zero attached hydrogens (tertiary/aromatic N) is 1. The van der Waals surface area contributed by atoms with Crippen molar-refractivity contribution in [3.8, 4) is 5.75 Å². The van der Waals surface area contributed by atoms with Crippen molar-refractivity contribution in [1.29, 1.82) is 0 Å². The maximum atomic E-state index is 6.24. The molecule has 2 aliphatic rings. The van der Waals surface area contributed by atoms with E-state index in [-0.39, 0.29) is 5.60 Å². The molecule has 2 heterocycles. The Labute approximate surface area is 150 Å². The molecule has 5 heteroatoms. The first-order valence-corrected chi connectivity index (χ1v) is 9.24. The lowest BCUT2D eigenvalue weighted by molar-refractivity contribution is -0.0677. The molecule has 0 spiro atoms. The van der Waals surface area contributed by atoms with Crippen LogP contribution in [0.5, 0.6) is 5.75 Å². The molecule has 0 amide bonds. The number of halogens is 1. The van der Waals surface area contributed by atoms with Crippen molar-refractivity contribution >= 4 is 11.6 Å². The van der Waals surface area contributed by atoms with E-state index in [1.165, 1.54) is 19.4 Å². The van der Waals surface area contributed by atoms with Gasteiger partial charge in [-0.1, -0.05) is 11.6 Å². The second-order valence-corrected chi connectivity index (χ2v) is 7.34. The quantitative estimate of drug-likeness (QED) is 0.807. The second kappa shape index (κ2) is 8.05. The summed E-state index contributed by atoms with van der Waals surface area (Å²) in [7, 11) is 3.50. The number of likely N-dealkylation sites (tertiary alicyclic amines) is 1. The Morgan fingerprint density at radius 2 is 1.92 bits per heavy atom. The van der Waals surface area contributed by atoms with Gasteiger partial charge in [-0.05, 0) is 49.8 Å². The van der Waals surface area contributed by atoms with Gasteiger partial charge in [0.25, 0.3) is 0 Å². The number of hydrogen-bond acceptors (Lipinski definition) is 4. The van der Waals surface area contributed by atoms with E-state index in [9.17, 15) is 0 Å². The Morgan fingerprint density at radius 1 is 1.21 bits per heavy atom. The summed E-state index contributed by atoms with van der Waals surface area (Å²) in [6, 6.07) is 5.80. The maximum absolute atomic E-state index is 6.24. The highest BCUT2D eigenvalue weighted by Gasteiger charge is 2.39. The largest absolute Gasteiger partial charge is 0.496 e. The lowest BCUT2D eigenvalue weighted by Gasteiger charge is -2.43. The molecule has 1 aromatic rings. The van der Waals surface area contributed by atoms with Crippen LogP contribution < -0.4 is 4.74 Å². The van der Waals surface area contributed by atoms with Gasteiger partial charge in [0.2, 0.25) is 0 Å². The molecule has 0 radical (unpaired) electrons. The number of rotatable bonds is 5. The first-order chi connectivity index (χ1) is 11.7. The number of methoxy groups -OCH3 is 2. The van der Waals surface area contributed by atoms with E-state index in [1.54, 1.807) is 14.2 Å². The van der Waals surface area contributed by atoms with Gasteiger partial charge in [0.15, 0.2) is 0 Å². The van der Waals surface area contributed by atoms with E-state index in [0.29, 0.717) is 0 Å². The Hall–Kier alpha value is -0.810. The van der Waals surface area contributed by atoms with Crippen LogP contribution in [-0.4, -0.2) is 52.0 Å². The Kier molecular flexibility index (Phi) is 6.03. The van der Waals surface area contributed by atoms with Crippen LogP contribution in [0.15, 0.2) is 18.2 Å². The van der Waals surface area contributed by atoms with Crippen molar-refractivity contribution in [3.63, 3.8) is 0 Å². The molecule has 0 atom stereocenters. The zero-order chi connectivity index (χ0) is 17.0. The van der Waals surface area contributed by atoms with Crippen molar-refractivity contribution < 1.29 is 14.2 Å². The van der Waals surface area contributed by atoms with Gasteiger partial charge in [-0.25, -0.2) is 0 Å². The molecular weight excluding hydrogens is 326 g/mol. The third kappa shape index (κ3) is 3.88. The average Bonchev–Trinajstić information content (AvgIpc) is 2.63. The fraction of sp³-hybridized carbons (Fsp3) is 0.684. The molecule has 134 valence electrons. The van der Waals surface area contributed by atoms with Crippen LogP contribution in [0.4, 0.5) is 0 Å². The number of piperidine rings is 1. The fourth-order valence-corrected chi connectivity index (χ4v) is 4.18. The van der Waals surface area contributed by atoms with Gasteiger partial charge in [-0.2, -0.15) is 0 Å². The number of ether oxygens (including phenoxy) is 3. The van der Waals surface area contributed by atoms with Crippen molar-refractivity contribution in [3.05, 3.63) is 28.8 Å². The molecule has 4 nitrogen and oxygen atoms in total. The fourth-order valence-electron chi connectivity index (χ4n) is 4.01. The van der Waals surface area contributed by atoms with Gasteiger partial charge in [-0.3, -0.25) is 0 Å². The monoisotopic (exact) mass is 353 g/mol. The van der Waals surface area contributed by atoms with E-state index < -0.39 is 0 Å². The average molecular weight is 354 g/mol. The molecule has 0 aromatic heterocycles. The molecule has 24 heavy (non-hydrogen) atoms. The summed E-state index contributed by atoms with van der Waals surface area (Å²) in [5.74, 6) is 1.63. The first kappa shape index (κ1) is 18.0. The molecular formula is C19H28ClNO3. The smallest absolute Gasteiger partial charge is 0.125 e. The SMILES string of the molecule is COc1ccc(Cl)cc1C1(OC)CCN(CC2CCOCC2)CC1. The summed E-state index contributed by atoms with van der Waals surface area (Å²) in [6.07, 6.45) is 4.30. The summed E-state index contributed by atoms with van der Waals surface area (Å²) in [5, 5.41) is 0.729. The maximum Gasteiger partial charge on any atom is 0.125 e. The summed E-state index contributed by atoms with van der Waals surface area (Å²) in [6.45, 7) is 5.10. The van der Waals surface area contributed by atoms with Gasteiger partial charge in [0.05, 0.1) is 12.7 Å². The third-order valence-corrected chi connectivity index (χ3v) is 5.80. The minimum atomic E-state index is -0.303. The summed E-state index contributed by atoms with van der Waals surface area (Å²) < 4.78 is 17.0. The first-order valence-electron chi connectivity index (χ1n) is 8.86. The zero-order valence-electron chi connectivity index (χ0n) is 14.7. The van der Waals surface area contributed by atoms with Gasteiger partial charge < -0.3 is 19.1 Å². The predicted octanol–water partition coefficient (Wildman–Crippen LogP) is 3.71. The highest BCUT2D eigenvalue weighted by atomic mass is 35.5. The Balaban J connectivity index is 1.68. The second-order valence-electron chi connectivity index (χ2n) is 6.90. The Bertz CT molecular complexity index is 537. The summed E-state index contributed by atoms with van der Waals surface area (Å²) in [4.78, 5) is 2.57. The zero-order valence-corrected chi connectivity index (χ0v) is 15.5. The molecule has 0 unspecified atom stereocenters. The van der Waals surface area contributed by atoms with Gasteiger partial charge in [0.1, 0.15) is 5.75 Å². The molecule has 2 saturated heterocycles. The van der Waals surface area contributed by atoms with Crippen molar-refractivity contribution in [2.24, 2.45) is 5.92 Å². The normalized spacial score (nSPS) is 22.5. The van der Waals surface area contributed by atoms with E-state index in [1.807, 2.05) is 18.2 Å². The van der Waals surface area contributed by atoms with Crippen LogP contribution in [0.25, 0.3) is 0 Å². The molecule has 0 aliphatic carbocycles. The molecule has 2 aliphatic heterocycles. The van der Waals surface area contributed by atoms with E-state index >= 15 is 0 Å². The Morgan fingerprint density at radius 3 is 2.54 bits per heavy atom. The van der Waals surface area contributed by atoms with Gasteiger partial charge in [-0.15, -0.1) is 0 Å². The van der Waals surface area contributed by atoms with E-state index in [2.05, 4.69) is 4.90 Å². The number of benzene rings is 1. The van der Waals surface area contributed by atoms with Gasteiger partial charge >= 0.3 is 0 Å². The van der Waals surface area contributed by atoms with Crippen LogP contribution in [0.1, 0.15) is 31.2 Å². The molecule has 0 saturated carbocycles. The van der Waals surface area contributed by atoms with Crippen molar-refractivity contribution in [2.45, 2.75) is 31.3 Å². The lowest BCUT2D eigenvalue weighted by atomic mass is 9.83. The number of hydrogen-bond donors (Lipinski definition) is 0. The van der Waals surface area contributed by atoms with E-state index in [4.69, 9.17) is 25.8 Å². The standard InChI is InChI=1S/C19H28ClNO3/c1-22-18-4-3-16(20)13-17(18)19(23-2)7-9-21(10-8-19)14-15-5-11-24-12-6-15/h3-4,13,15H,5-12,14H2,1-2H3. The molecule has 0 N–H and O–H groups in total. The minimum absolute atomic E-state index is 0.303. The summed E-state index contributed by atoms with van der Waals surface area (Å²) in [5.41, 5.74) is 0.772. The van der Waals surface area contributed by atoms with Crippen LogP contribution in [0.3, 0.4) is 0 Å². The van der Waals surface area contributed by atoms with Crippen LogP contribution in [0, 0.1) is 5.92 Å². The lowest BCUT2D eigenvalue weighted by Crippen LogP contribution is -2.45. The topological polar surface area (TPSA) is 30.9 Å². The summed E-state index contributed by atoms with van der Waals surface area (Å²) >= 11 is 6.24. The highest BCUT2D eigenvalue weighted by molar-refractivity contribution is 6.30. The molecule has 2 fully saturated rings. The highest BCUT2D eigenvalue weighted by Crippen LogP contribution is 2.42. The predicted molar refractivity (Wildman–Crippen MR) is 95.9 cm³/mol. The van der Waals surface area contributed by atoms with Crippen LogP contribution in [-0.2, 0) is 15.1 Å². The van der Waals surface area contributed by atoms with E-state index in [0.717, 1.165) is 61.4 Å². The van der Waals surface area contributed by atoms with Crippen LogP contribution >= 0.6 is 11.6 Å². The molecule has 0 bridgehead atoms. The minimum Gasteiger partial charge on any atom is -0.496 e. The molecule has 1 aromatic carbocycles. The third-order valence-electron chi connectivity index (χ3n) is 5.56. The van der Waals surface area contributed by atoms with Gasteiger partial charge in [0, 0.05) is 50.5 Å². The van der Waals surface area contributed by atoms with Crippen molar-refractivity contribution in [2.75, 3.05) is 47.1 Å². The van der Waals surface area contributed by atoms with Crippen LogP contribution in [0.2, 0.25) is 5.02 Å². The molecule has 3 rings (SSSR count). The van der Waals surface area contributed by atoms with Crippen molar-refractivity contribution in [1.82, 2.24) is 4.90 Å².